The molecule has 11 atom stereocenters. The molecule has 1 unspecified atom stereocenters. The summed E-state index contributed by atoms with van der Waals surface area (Å²) in [5, 5.41) is 26.2. The number of hydrogen-bond donors (Lipinski definition) is 3. The quantitative estimate of drug-likeness (QED) is 0.195. The summed E-state index contributed by atoms with van der Waals surface area (Å²) in [7, 11) is 1.07. The zero-order valence-electron chi connectivity index (χ0n) is 26.9. The minimum atomic E-state index is -2.28. The molecule has 5 rings (SSSR count). The van der Waals surface area contributed by atoms with E-state index in [9.17, 15) is 39.0 Å². The van der Waals surface area contributed by atoms with Gasteiger partial charge in [0, 0.05) is 36.8 Å². The van der Waals surface area contributed by atoms with Crippen LogP contribution in [0.4, 0.5) is 0 Å². The van der Waals surface area contributed by atoms with E-state index in [0.29, 0.717) is 11.1 Å². The number of nitrogens with one attached hydrogen (secondary N) is 1. The van der Waals surface area contributed by atoms with Gasteiger partial charge in [-0.1, -0.05) is 12.5 Å². The largest absolute Gasteiger partial charge is 0.467 e. The van der Waals surface area contributed by atoms with Crippen molar-refractivity contribution in [2.75, 3.05) is 13.7 Å². The van der Waals surface area contributed by atoms with Crippen molar-refractivity contribution >= 4 is 35.6 Å². The number of allylic oxidation sites excluding steroid dienone is 3. The number of fused-ring (bicyclic) bond motifs is 2. The van der Waals surface area contributed by atoms with E-state index in [4.69, 9.17) is 23.7 Å². The molecule has 3 N–H and O–H groups in total. The van der Waals surface area contributed by atoms with Crippen LogP contribution in [0.15, 0.2) is 23.0 Å². The van der Waals surface area contributed by atoms with E-state index in [1.165, 1.54) is 13.0 Å². The van der Waals surface area contributed by atoms with Gasteiger partial charge in [0.05, 0.1) is 32.2 Å². The number of aliphatic hydroxyl groups excluding tert-OH is 2. The van der Waals surface area contributed by atoms with Crippen molar-refractivity contribution in [3.63, 3.8) is 0 Å². The lowest BCUT2D eigenvalue weighted by Crippen LogP contribution is -2.79. The van der Waals surface area contributed by atoms with Crippen LogP contribution in [0.25, 0.3) is 0 Å². The average Bonchev–Trinajstić information content (AvgIpc) is 3.25. The molecule has 252 valence electrons. The zero-order valence-corrected chi connectivity index (χ0v) is 26.9. The molecule has 46 heavy (non-hydrogen) atoms. The van der Waals surface area contributed by atoms with Gasteiger partial charge in [0.15, 0.2) is 11.5 Å². The Morgan fingerprint density at radius 1 is 1.13 bits per heavy atom. The minimum Gasteiger partial charge on any atom is -0.467 e. The number of ether oxygens (including phenoxy) is 5. The molecule has 0 radical (unpaired) electrons. The molecule has 14 heteroatoms. The topological polar surface area (TPSA) is 201 Å². The van der Waals surface area contributed by atoms with Gasteiger partial charge in [-0.3, -0.25) is 14.4 Å². The normalized spacial score (nSPS) is 39.6. The first-order chi connectivity index (χ1) is 21.4. The predicted molar refractivity (Wildman–Crippen MR) is 154 cm³/mol. The van der Waals surface area contributed by atoms with Gasteiger partial charge in [0.2, 0.25) is 17.6 Å². The summed E-state index contributed by atoms with van der Waals surface area (Å²) in [6.45, 7) is 9.36. The van der Waals surface area contributed by atoms with E-state index >= 15 is 0 Å². The summed E-state index contributed by atoms with van der Waals surface area (Å²) < 4.78 is 28.3. The fourth-order valence-electron chi connectivity index (χ4n) is 9.18. The third kappa shape index (κ3) is 4.79. The number of carbonyl (C=O) groups is 6. The Bertz CT molecular complexity index is 1450. The third-order valence-corrected chi connectivity index (χ3v) is 10.6. The highest BCUT2D eigenvalue weighted by Gasteiger charge is 2.85. The monoisotopic (exact) mass is 647 g/mol. The Morgan fingerprint density at radius 2 is 1.80 bits per heavy atom. The van der Waals surface area contributed by atoms with Gasteiger partial charge >= 0.3 is 23.9 Å². The Morgan fingerprint density at radius 3 is 2.41 bits per heavy atom. The zero-order chi connectivity index (χ0) is 34.1. The van der Waals surface area contributed by atoms with Crippen molar-refractivity contribution in [3.8, 4) is 0 Å². The number of esters is 4. The van der Waals surface area contributed by atoms with Crippen LogP contribution >= 0.6 is 0 Å². The maximum Gasteiger partial charge on any atom is 0.348 e. The van der Waals surface area contributed by atoms with Crippen molar-refractivity contribution in [2.45, 2.75) is 96.9 Å². The van der Waals surface area contributed by atoms with Crippen LogP contribution in [-0.2, 0) is 52.5 Å². The number of aliphatic hydroxyl groups is 2. The smallest absolute Gasteiger partial charge is 0.348 e. The molecule has 2 bridgehead atoms. The van der Waals surface area contributed by atoms with Crippen LogP contribution in [-0.4, -0.2) is 95.6 Å². The summed E-state index contributed by atoms with van der Waals surface area (Å²) in [5.41, 5.74) is -3.81. The Labute approximate surface area is 265 Å². The van der Waals surface area contributed by atoms with Crippen LogP contribution in [0, 0.1) is 28.6 Å². The predicted octanol–water partition coefficient (Wildman–Crippen LogP) is 0.417. The van der Waals surface area contributed by atoms with Gasteiger partial charge < -0.3 is 39.2 Å². The molecule has 2 heterocycles. The molecule has 1 amide bonds. The maximum atomic E-state index is 13.7. The molecule has 3 aliphatic carbocycles. The molecule has 14 nitrogen and oxygen atoms in total. The van der Waals surface area contributed by atoms with Crippen molar-refractivity contribution in [3.05, 3.63) is 23.0 Å². The average molecular weight is 648 g/mol. The molecular weight excluding hydrogens is 606 g/mol. The van der Waals surface area contributed by atoms with Crippen LogP contribution in [0.3, 0.4) is 0 Å². The summed E-state index contributed by atoms with van der Waals surface area (Å²) in [5.74, 6) is -7.57. The number of Topliss-reactive ketones (excluding diaryl/α,β-unsaturated/α-hetero) is 1. The molecule has 0 aromatic rings. The first kappa shape index (κ1) is 33.7. The van der Waals surface area contributed by atoms with E-state index in [1.54, 1.807) is 34.6 Å². The van der Waals surface area contributed by atoms with Gasteiger partial charge in [0.1, 0.15) is 12.2 Å². The molecule has 2 aliphatic heterocycles. The second kappa shape index (κ2) is 11.6. The van der Waals surface area contributed by atoms with Crippen molar-refractivity contribution < 1.29 is 62.7 Å². The standard InChI is InChI=1S/C32H41NO13/c1-13(2)8-20(36)46-24-26-31-12-43-32(26,29(41)42-7)27(39)22(38)25(31)30(6)11-18(35)23(45-21(37)9-14(3)33-16(5)34)15(4)17(30)10-19(31)44-28(24)40/h8,14,17,19,22,24-27,38-39H,9-12H2,1-7H3,(H,33,34)/t14-,17-,19+,22+,24+,25?,26+,27-,30-,31+,32-/m0/s1. The molecule has 0 aromatic heterocycles. The Hall–Kier alpha value is -3.62. The van der Waals surface area contributed by atoms with E-state index < -0.39 is 94.3 Å². The second-order valence-electron chi connectivity index (χ2n) is 13.8. The number of hydrogen-bond acceptors (Lipinski definition) is 13. The van der Waals surface area contributed by atoms with Crippen LogP contribution in [0.1, 0.15) is 60.8 Å². The lowest BCUT2D eigenvalue weighted by atomic mass is 9.38. The van der Waals surface area contributed by atoms with E-state index in [2.05, 4.69) is 5.32 Å². The summed E-state index contributed by atoms with van der Waals surface area (Å²) in [4.78, 5) is 77.9. The van der Waals surface area contributed by atoms with Crippen LogP contribution in [0.5, 0.6) is 0 Å². The summed E-state index contributed by atoms with van der Waals surface area (Å²) >= 11 is 0. The molecule has 2 saturated carbocycles. The van der Waals surface area contributed by atoms with Crippen molar-refractivity contribution in [2.24, 2.45) is 28.6 Å². The number of carbonyl (C=O) groups excluding carboxylic acids is 6. The van der Waals surface area contributed by atoms with Crippen molar-refractivity contribution in [1.82, 2.24) is 5.32 Å². The Balaban J connectivity index is 1.60. The highest BCUT2D eigenvalue weighted by atomic mass is 16.6. The minimum absolute atomic E-state index is 0.0930. The fraction of sp³-hybridized carbons (Fsp3) is 0.688. The second-order valence-corrected chi connectivity index (χ2v) is 13.8. The van der Waals surface area contributed by atoms with E-state index in [1.807, 2.05) is 0 Å². The maximum absolute atomic E-state index is 13.7. The van der Waals surface area contributed by atoms with Crippen molar-refractivity contribution in [1.29, 1.82) is 0 Å². The molecule has 1 spiro atoms. The van der Waals surface area contributed by atoms with Gasteiger partial charge in [-0.05, 0) is 51.0 Å². The highest BCUT2D eigenvalue weighted by Crippen LogP contribution is 2.72. The van der Waals surface area contributed by atoms with Gasteiger partial charge in [0.25, 0.3) is 0 Å². The van der Waals surface area contributed by atoms with Gasteiger partial charge in [-0.2, -0.15) is 0 Å². The summed E-state index contributed by atoms with van der Waals surface area (Å²) in [6, 6.07) is -0.543. The van der Waals surface area contributed by atoms with Gasteiger partial charge in [-0.25, -0.2) is 14.4 Å². The Kier molecular flexibility index (Phi) is 8.48. The molecular formula is C32H41NO13. The number of methoxy groups -OCH3 is 1. The van der Waals surface area contributed by atoms with E-state index in [0.717, 1.165) is 7.11 Å². The number of ketones is 1. The fourth-order valence-corrected chi connectivity index (χ4v) is 9.18. The number of amides is 1. The van der Waals surface area contributed by atoms with Crippen LogP contribution in [0.2, 0.25) is 0 Å². The SMILES string of the molecule is COC(=O)[C@@]12OC[C@]34C([C@@H](O)[C@@H]1O)[C@@]1(C)CC(=O)C(OC(=O)C[C@H](C)NC(C)=O)=C(C)[C@@H]1C[C@H]3OC(=O)[C@H](OC(=O)C=C(C)C)[C@@H]24. The highest BCUT2D eigenvalue weighted by molar-refractivity contribution is 5.98. The lowest BCUT2D eigenvalue weighted by molar-refractivity contribution is -0.290. The van der Waals surface area contributed by atoms with Crippen LogP contribution < -0.4 is 5.32 Å². The molecule has 4 fully saturated rings. The first-order valence-electron chi connectivity index (χ1n) is 15.3. The molecule has 5 aliphatic rings. The summed E-state index contributed by atoms with van der Waals surface area (Å²) in [6.07, 6.45) is -5.48. The third-order valence-electron chi connectivity index (χ3n) is 10.6. The molecule has 2 saturated heterocycles. The molecule has 0 aromatic carbocycles. The van der Waals surface area contributed by atoms with Gasteiger partial charge in [-0.15, -0.1) is 0 Å². The lowest BCUT2D eigenvalue weighted by Gasteiger charge is -2.67. The number of rotatable bonds is 7. The first-order valence-corrected chi connectivity index (χ1v) is 15.3. The van der Waals surface area contributed by atoms with E-state index in [-0.39, 0.29) is 37.5 Å².